The summed E-state index contributed by atoms with van der Waals surface area (Å²) in [5, 5.41) is 0. The SMILES string of the molecule is C/C=C/C(=O)OC/C=C(\C)CCC[C@H](C)CCC[C@H](C)CCCC(C)C. The molecule has 0 heterocycles. The number of hydrogen-bond donors (Lipinski definition) is 0. The standard InChI is InChI=1S/C24H44O2/c1-7-11-24(25)26-19-18-23(6)17-10-16-22(5)15-9-14-21(4)13-8-12-20(2)3/h7,11,18,20-22H,8-10,12-17,19H2,1-6H3/b11-7+,23-18+/t21-,22-/m1/s1. The molecule has 152 valence electrons. The van der Waals surface area contributed by atoms with Crippen LogP contribution in [-0.2, 0) is 9.53 Å². The van der Waals surface area contributed by atoms with Gasteiger partial charge in [0.1, 0.15) is 6.61 Å². The fourth-order valence-electron chi connectivity index (χ4n) is 3.26. The topological polar surface area (TPSA) is 26.3 Å². The van der Waals surface area contributed by atoms with E-state index in [1.54, 1.807) is 6.08 Å². The van der Waals surface area contributed by atoms with Gasteiger partial charge in [-0.3, -0.25) is 0 Å². The van der Waals surface area contributed by atoms with Gasteiger partial charge in [0.2, 0.25) is 0 Å². The summed E-state index contributed by atoms with van der Waals surface area (Å²) in [6.07, 6.45) is 17.1. The zero-order chi connectivity index (χ0) is 19.8. The highest BCUT2D eigenvalue weighted by Crippen LogP contribution is 2.22. The van der Waals surface area contributed by atoms with E-state index in [1.807, 2.05) is 13.0 Å². The highest BCUT2D eigenvalue weighted by Gasteiger charge is 2.06. The molecule has 0 aliphatic carbocycles. The first-order valence-electron chi connectivity index (χ1n) is 10.8. The second kappa shape index (κ2) is 16.1. The molecule has 0 fully saturated rings. The molecule has 0 aromatic rings. The van der Waals surface area contributed by atoms with Crippen LogP contribution >= 0.6 is 0 Å². The van der Waals surface area contributed by atoms with Crippen molar-refractivity contribution < 1.29 is 9.53 Å². The maximum atomic E-state index is 11.2. The summed E-state index contributed by atoms with van der Waals surface area (Å²) in [5.41, 5.74) is 1.32. The van der Waals surface area contributed by atoms with Crippen molar-refractivity contribution >= 4 is 5.97 Å². The Balaban J connectivity index is 3.69. The highest BCUT2D eigenvalue weighted by molar-refractivity contribution is 5.81. The lowest BCUT2D eigenvalue weighted by molar-refractivity contribution is -0.136. The second-order valence-corrected chi connectivity index (χ2v) is 8.54. The van der Waals surface area contributed by atoms with Crippen LogP contribution in [0.5, 0.6) is 0 Å². The summed E-state index contributed by atoms with van der Waals surface area (Å²) >= 11 is 0. The molecule has 0 saturated heterocycles. The second-order valence-electron chi connectivity index (χ2n) is 8.54. The molecule has 0 saturated carbocycles. The maximum absolute atomic E-state index is 11.2. The van der Waals surface area contributed by atoms with Crippen molar-refractivity contribution in [2.45, 2.75) is 99.3 Å². The van der Waals surface area contributed by atoms with E-state index in [2.05, 4.69) is 34.6 Å². The Labute approximate surface area is 163 Å². The van der Waals surface area contributed by atoms with Crippen molar-refractivity contribution in [3.8, 4) is 0 Å². The summed E-state index contributed by atoms with van der Waals surface area (Å²) in [5.74, 6) is 2.29. The molecule has 0 bridgehead atoms. The normalized spacial score (nSPS) is 14.8. The molecule has 0 aliphatic rings. The van der Waals surface area contributed by atoms with E-state index in [1.165, 1.54) is 63.0 Å². The minimum absolute atomic E-state index is 0.261. The van der Waals surface area contributed by atoms with E-state index in [0.717, 1.165) is 24.2 Å². The monoisotopic (exact) mass is 364 g/mol. The van der Waals surface area contributed by atoms with Gasteiger partial charge in [-0.05, 0) is 50.5 Å². The van der Waals surface area contributed by atoms with Gasteiger partial charge < -0.3 is 4.74 Å². The van der Waals surface area contributed by atoms with Crippen molar-refractivity contribution in [3.05, 3.63) is 23.8 Å². The number of carbonyl (C=O) groups is 1. The molecular weight excluding hydrogens is 320 g/mol. The van der Waals surface area contributed by atoms with Gasteiger partial charge in [0.15, 0.2) is 0 Å². The first-order valence-corrected chi connectivity index (χ1v) is 10.8. The molecule has 26 heavy (non-hydrogen) atoms. The van der Waals surface area contributed by atoms with Crippen LogP contribution in [0, 0.1) is 17.8 Å². The summed E-state index contributed by atoms with van der Waals surface area (Å²) in [4.78, 5) is 11.2. The van der Waals surface area contributed by atoms with Gasteiger partial charge >= 0.3 is 5.97 Å². The third-order valence-electron chi connectivity index (χ3n) is 5.10. The predicted octanol–water partition coefficient (Wildman–Crippen LogP) is 7.49. The molecule has 2 atom stereocenters. The first-order chi connectivity index (χ1) is 12.3. The van der Waals surface area contributed by atoms with Gasteiger partial charge in [-0.25, -0.2) is 4.79 Å². The lowest BCUT2D eigenvalue weighted by Gasteiger charge is -2.15. The largest absolute Gasteiger partial charge is 0.458 e. The lowest BCUT2D eigenvalue weighted by atomic mass is 9.91. The minimum atomic E-state index is -0.261. The molecule has 0 aromatic carbocycles. The number of rotatable bonds is 15. The van der Waals surface area contributed by atoms with E-state index in [9.17, 15) is 4.79 Å². The Morgan fingerprint density at radius 2 is 1.42 bits per heavy atom. The van der Waals surface area contributed by atoms with E-state index >= 15 is 0 Å². The van der Waals surface area contributed by atoms with Crippen LogP contribution in [0.1, 0.15) is 99.3 Å². The van der Waals surface area contributed by atoms with Gasteiger partial charge in [-0.1, -0.05) is 84.3 Å². The molecule has 0 aliphatic heterocycles. The number of allylic oxidation sites excluding steroid dienone is 2. The molecule has 0 rings (SSSR count). The van der Waals surface area contributed by atoms with Crippen molar-refractivity contribution in [1.82, 2.24) is 0 Å². The highest BCUT2D eigenvalue weighted by atomic mass is 16.5. The quantitative estimate of drug-likeness (QED) is 0.171. The Hall–Kier alpha value is -1.05. The van der Waals surface area contributed by atoms with Crippen LogP contribution < -0.4 is 0 Å². The van der Waals surface area contributed by atoms with Crippen LogP contribution in [0.3, 0.4) is 0 Å². The number of carbonyl (C=O) groups excluding carboxylic acids is 1. The summed E-state index contributed by atoms with van der Waals surface area (Å²) < 4.78 is 5.09. The van der Waals surface area contributed by atoms with Crippen LogP contribution in [0.4, 0.5) is 0 Å². The maximum Gasteiger partial charge on any atom is 0.330 e. The lowest BCUT2D eigenvalue weighted by Crippen LogP contribution is -2.01. The molecule has 0 aromatic heterocycles. The summed E-state index contributed by atoms with van der Waals surface area (Å²) in [6, 6.07) is 0. The van der Waals surface area contributed by atoms with E-state index in [0.29, 0.717) is 6.61 Å². The van der Waals surface area contributed by atoms with Crippen LogP contribution in [0.25, 0.3) is 0 Å². The third kappa shape index (κ3) is 16.4. The van der Waals surface area contributed by atoms with Crippen LogP contribution in [0.2, 0.25) is 0 Å². The van der Waals surface area contributed by atoms with Crippen LogP contribution in [0.15, 0.2) is 23.8 Å². The molecule has 0 radical (unpaired) electrons. The van der Waals surface area contributed by atoms with E-state index < -0.39 is 0 Å². The molecular formula is C24H44O2. The van der Waals surface area contributed by atoms with Crippen molar-refractivity contribution in [2.24, 2.45) is 17.8 Å². The van der Waals surface area contributed by atoms with Crippen molar-refractivity contribution in [1.29, 1.82) is 0 Å². The molecule has 0 amide bonds. The zero-order valence-electron chi connectivity index (χ0n) is 18.4. The zero-order valence-corrected chi connectivity index (χ0v) is 18.4. The van der Waals surface area contributed by atoms with Gasteiger partial charge in [0.05, 0.1) is 0 Å². The number of ether oxygens (including phenoxy) is 1. The average molecular weight is 365 g/mol. The number of esters is 1. The van der Waals surface area contributed by atoms with E-state index in [4.69, 9.17) is 4.74 Å². The van der Waals surface area contributed by atoms with Gasteiger partial charge in [0, 0.05) is 6.08 Å². The molecule has 0 unspecified atom stereocenters. The summed E-state index contributed by atoms with van der Waals surface area (Å²) in [7, 11) is 0. The van der Waals surface area contributed by atoms with Gasteiger partial charge in [0.25, 0.3) is 0 Å². The molecule has 2 heteroatoms. The van der Waals surface area contributed by atoms with E-state index in [-0.39, 0.29) is 5.97 Å². The number of hydrogen-bond acceptors (Lipinski definition) is 2. The molecule has 2 nitrogen and oxygen atoms in total. The Bertz CT molecular complexity index is 406. The molecule has 0 spiro atoms. The summed E-state index contributed by atoms with van der Waals surface area (Å²) in [6.45, 7) is 13.8. The van der Waals surface area contributed by atoms with Gasteiger partial charge in [-0.2, -0.15) is 0 Å². The fourth-order valence-corrected chi connectivity index (χ4v) is 3.26. The first kappa shape index (κ1) is 24.9. The van der Waals surface area contributed by atoms with Crippen LogP contribution in [-0.4, -0.2) is 12.6 Å². The predicted molar refractivity (Wildman–Crippen MR) is 114 cm³/mol. The Morgan fingerprint density at radius 1 is 0.885 bits per heavy atom. The smallest absolute Gasteiger partial charge is 0.330 e. The fraction of sp³-hybridized carbons (Fsp3) is 0.792. The average Bonchev–Trinajstić information content (AvgIpc) is 2.54. The third-order valence-corrected chi connectivity index (χ3v) is 5.10. The van der Waals surface area contributed by atoms with Crippen molar-refractivity contribution in [2.75, 3.05) is 6.61 Å². The molecule has 0 N–H and O–H groups in total. The Morgan fingerprint density at radius 3 is 1.96 bits per heavy atom. The van der Waals surface area contributed by atoms with Crippen molar-refractivity contribution in [3.63, 3.8) is 0 Å². The van der Waals surface area contributed by atoms with Gasteiger partial charge in [-0.15, -0.1) is 0 Å². The minimum Gasteiger partial charge on any atom is -0.458 e. The Kier molecular flexibility index (Phi) is 15.5.